The molecular weight excluding hydrogens is 196 g/mol. The van der Waals surface area contributed by atoms with E-state index < -0.39 is 0 Å². The van der Waals surface area contributed by atoms with Gasteiger partial charge in [-0.15, -0.1) is 0 Å². The van der Waals surface area contributed by atoms with Crippen LogP contribution in [0.4, 0.5) is 0 Å². The number of nitrogens with one attached hydrogen (secondary N) is 1. The van der Waals surface area contributed by atoms with E-state index in [1.165, 1.54) is 51.6 Å². The van der Waals surface area contributed by atoms with Crippen LogP contribution in [0.15, 0.2) is 0 Å². The van der Waals surface area contributed by atoms with Crippen molar-refractivity contribution in [3.05, 3.63) is 0 Å². The minimum atomic E-state index is 0.680. The monoisotopic (exact) mass is 226 g/mol. The van der Waals surface area contributed by atoms with Crippen molar-refractivity contribution in [1.82, 2.24) is 10.2 Å². The molecule has 2 heteroatoms. The Labute approximate surface area is 102 Å². The maximum Gasteiger partial charge on any atom is 0.0192 e. The summed E-state index contributed by atoms with van der Waals surface area (Å²) in [5.74, 6) is 0. The molecule has 1 heterocycles. The Hall–Kier alpha value is -0.0800. The molecular formula is C14H30N2. The Morgan fingerprint density at radius 2 is 1.69 bits per heavy atom. The molecule has 0 radical (unpaired) electrons. The summed E-state index contributed by atoms with van der Waals surface area (Å²) in [6.45, 7) is 10.7. The third-order valence-electron chi connectivity index (χ3n) is 3.75. The molecule has 0 aliphatic carbocycles. The predicted octanol–water partition coefficient (Wildman–Crippen LogP) is 3.03. The largest absolute Gasteiger partial charge is 0.313 e. The van der Waals surface area contributed by atoms with Gasteiger partial charge in [0.2, 0.25) is 0 Å². The summed E-state index contributed by atoms with van der Waals surface area (Å²) in [5.41, 5.74) is 0. The molecule has 1 aliphatic heterocycles. The molecule has 0 spiro atoms. The number of hydrogen-bond acceptors (Lipinski definition) is 2. The van der Waals surface area contributed by atoms with E-state index in [9.17, 15) is 0 Å². The molecule has 1 saturated heterocycles. The van der Waals surface area contributed by atoms with E-state index in [0.29, 0.717) is 12.1 Å². The van der Waals surface area contributed by atoms with Crippen LogP contribution in [0.2, 0.25) is 0 Å². The Morgan fingerprint density at radius 1 is 1.06 bits per heavy atom. The molecule has 2 nitrogen and oxygen atoms in total. The van der Waals surface area contributed by atoms with E-state index in [1.807, 2.05) is 0 Å². The normalized spacial score (nSPS) is 22.7. The van der Waals surface area contributed by atoms with Crippen LogP contribution in [0.1, 0.15) is 59.3 Å². The van der Waals surface area contributed by atoms with Crippen LogP contribution in [-0.4, -0.2) is 36.6 Å². The minimum absolute atomic E-state index is 0.680. The standard InChI is InChI=1S/C14H30N2/c1-4-9-13(2)15-12-14(3)16-10-7-5-6-8-11-16/h13-15H,4-12H2,1-3H3. The van der Waals surface area contributed by atoms with Gasteiger partial charge >= 0.3 is 0 Å². The van der Waals surface area contributed by atoms with Gasteiger partial charge in [-0.05, 0) is 46.2 Å². The molecule has 0 aromatic carbocycles. The van der Waals surface area contributed by atoms with Gasteiger partial charge in [-0.25, -0.2) is 0 Å². The molecule has 0 aromatic heterocycles. The van der Waals surface area contributed by atoms with Crippen LogP contribution >= 0.6 is 0 Å². The van der Waals surface area contributed by atoms with E-state index >= 15 is 0 Å². The highest BCUT2D eigenvalue weighted by molar-refractivity contribution is 4.73. The number of nitrogens with zero attached hydrogens (tertiary/aromatic N) is 1. The lowest BCUT2D eigenvalue weighted by Crippen LogP contribution is -2.43. The number of hydrogen-bond donors (Lipinski definition) is 1. The molecule has 1 rings (SSSR count). The summed E-state index contributed by atoms with van der Waals surface area (Å²) in [4.78, 5) is 2.67. The van der Waals surface area contributed by atoms with E-state index in [2.05, 4.69) is 31.0 Å². The highest BCUT2D eigenvalue weighted by atomic mass is 15.2. The fourth-order valence-electron chi connectivity index (χ4n) is 2.57. The van der Waals surface area contributed by atoms with Crippen LogP contribution in [-0.2, 0) is 0 Å². The first-order valence-corrected chi connectivity index (χ1v) is 7.21. The van der Waals surface area contributed by atoms with Crippen molar-refractivity contribution in [2.75, 3.05) is 19.6 Å². The van der Waals surface area contributed by atoms with Gasteiger partial charge < -0.3 is 5.32 Å². The fraction of sp³-hybridized carbons (Fsp3) is 1.00. The zero-order valence-electron chi connectivity index (χ0n) is 11.5. The first-order valence-electron chi connectivity index (χ1n) is 7.21. The SMILES string of the molecule is CCCC(C)NCC(C)N1CCCCCC1. The van der Waals surface area contributed by atoms with Crippen molar-refractivity contribution < 1.29 is 0 Å². The van der Waals surface area contributed by atoms with Crippen molar-refractivity contribution in [3.63, 3.8) is 0 Å². The van der Waals surface area contributed by atoms with Crippen molar-refractivity contribution in [1.29, 1.82) is 0 Å². The Kier molecular flexibility index (Phi) is 7.06. The topological polar surface area (TPSA) is 15.3 Å². The van der Waals surface area contributed by atoms with Gasteiger partial charge in [0.25, 0.3) is 0 Å². The predicted molar refractivity (Wildman–Crippen MR) is 71.9 cm³/mol. The second-order valence-corrected chi connectivity index (χ2v) is 5.40. The lowest BCUT2D eigenvalue weighted by Gasteiger charge is -2.29. The molecule has 0 bridgehead atoms. The molecule has 96 valence electrons. The fourth-order valence-corrected chi connectivity index (χ4v) is 2.57. The van der Waals surface area contributed by atoms with E-state index in [-0.39, 0.29) is 0 Å². The van der Waals surface area contributed by atoms with Crippen LogP contribution in [0, 0.1) is 0 Å². The lowest BCUT2D eigenvalue weighted by molar-refractivity contribution is 0.208. The van der Waals surface area contributed by atoms with E-state index in [0.717, 1.165) is 6.54 Å². The van der Waals surface area contributed by atoms with E-state index in [4.69, 9.17) is 0 Å². The lowest BCUT2D eigenvalue weighted by atomic mass is 10.2. The minimum Gasteiger partial charge on any atom is -0.313 e. The summed E-state index contributed by atoms with van der Waals surface area (Å²) in [5, 5.41) is 3.66. The van der Waals surface area contributed by atoms with Crippen LogP contribution in [0.3, 0.4) is 0 Å². The van der Waals surface area contributed by atoms with Crippen molar-refractivity contribution >= 4 is 0 Å². The Morgan fingerprint density at radius 3 is 2.25 bits per heavy atom. The smallest absolute Gasteiger partial charge is 0.0192 e. The van der Waals surface area contributed by atoms with Crippen LogP contribution < -0.4 is 5.32 Å². The van der Waals surface area contributed by atoms with Gasteiger partial charge in [0.15, 0.2) is 0 Å². The van der Waals surface area contributed by atoms with Gasteiger partial charge in [0.05, 0.1) is 0 Å². The summed E-state index contributed by atoms with van der Waals surface area (Å²) in [6, 6.07) is 1.39. The van der Waals surface area contributed by atoms with Gasteiger partial charge in [-0.3, -0.25) is 4.90 Å². The van der Waals surface area contributed by atoms with Crippen molar-refractivity contribution in [3.8, 4) is 0 Å². The second-order valence-electron chi connectivity index (χ2n) is 5.40. The Balaban J connectivity index is 2.19. The average molecular weight is 226 g/mol. The Bertz CT molecular complexity index is 162. The van der Waals surface area contributed by atoms with Crippen LogP contribution in [0.5, 0.6) is 0 Å². The summed E-state index contributed by atoms with van der Waals surface area (Å²) >= 11 is 0. The van der Waals surface area contributed by atoms with Gasteiger partial charge in [0, 0.05) is 18.6 Å². The number of rotatable bonds is 6. The quantitative estimate of drug-likeness (QED) is 0.749. The second kappa shape index (κ2) is 8.08. The van der Waals surface area contributed by atoms with E-state index in [1.54, 1.807) is 0 Å². The molecule has 2 unspecified atom stereocenters. The van der Waals surface area contributed by atoms with Gasteiger partial charge in [0.1, 0.15) is 0 Å². The molecule has 0 amide bonds. The molecule has 1 N–H and O–H groups in total. The number of likely N-dealkylation sites (tertiary alicyclic amines) is 1. The van der Waals surface area contributed by atoms with Gasteiger partial charge in [-0.1, -0.05) is 26.2 Å². The average Bonchev–Trinajstić information content (AvgIpc) is 2.55. The first-order chi connectivity index (χ1) is 7.74. The maximum atomic E-state index is 3.66. The molecule has 1 aliphatic rings. The first kappa shape index (κ1) is 14.0. The highest BCUT2D eigenvalue weighted by Crippen LogP contribution is 2.12. The molecule has 2 atom stereocenters. The molecule has 0 saturated carbocycles. The summed E-state index contributed by atoms with van der Waals surface area (Å²) in [7, 11) is 0. The zero-order chi connectivity index (χ0) is 11.8. The summed E-state index contributed by atoms with van der Waals surface area (Å²) in [6.07, 6.45) is 8.24. The third-order valence-corrected chi connectivity index (χ3v) is 3.75. The molecule has 16 heavy (non-hydrogen) atoms. The molecule has 1 fully saturated rings. The van der Waals surface area contributed by atoms with Crippen LogP contribution in [0.25, 0.3) is 0 Å². The summed E-state index contributed by atoms with van der Waals surface area (Å²) < 4.78 is 0. The van der Waals surface area contributed by atoms with Gasteiger partial charge in [-0.2, -0.15) is 0 Å². The third kappa shape index (κ3) is 5.31. The maximum absolute atomic E-state index is 3.66. The zero-order valence-corrected chi connectivity index (χ0v) is 11.5. The van der Waals surface area contributed by atoms with Crippen molar-refractivity contribution in [2.45, 2.75) is 71.4 Å². The van der Waals surface area contributed by atoms with Crippen molar-refractivity contribution in [2.24, 2.45) is 0 Å². The molecule has 0 aromatic rings. The highest BCUT2D eigenvalue weighted by Gasteiger charge is 2.15.